The molecule has 3 nitrogen and oxygen atoms in total. The van der Waals surface area contributed by atoms with Crippen LogP contribution in [0.4, 0.5) is 0 Å². The molecular weight excluding hydrogens is 248 g/mol. The maximum absolute atomic E-state index is 9.26. The van der Waals surface area contributed by atoms with E-state index in [0.29, 0.717) is 18.0 Å². The molecule has 3 atom stereocenters. The third-order valence-electron chi connectivity index (χ3n) is 4.74. The van der Waals surface area contributed by atoms with Gasteiger partial charge < -0.3 is 15.4 Å². The van der Waals surface area contributed by atoms with E-state index in [4.69, 9.17) is 0 Å². The summed E-state index contributed by atoms with van der Waals surface area (Å²) in [4.78, 5) is 3.56. The maximum atomic E-state index is 9.26. The first-order valence-corrected chi connectivity index (χ1v) is 7.64. The van der Waals surface area contributed by atoms with Gasteiger partial charge in [0.05, 0.1) is 0 Å². The number of aliphatic hydroxyl groups excluding tert-OH is 1. The zero-order valence-electron chi connectivity index (χ0n) is 12.3. The van der Waals surface area contributed by atoms with Crippen molar-refractivity contribution in [1.29, 1.82) is 0 Å². The van der Waals surface area contributed by atoms with Gasteiger partial charge in [0.2, 0.25) is 0 Å². The third kappa shape index (κ3) is 2.48. The minimum absolute atomic E-state index is 0.249. The van der Waals surface area contributed by atoms with Gasteiger partial charge in [0.25, 0.3) is 0 Å². The molecule has 1 heterocycles. The number of rotatable bonds is 4. The zero-order chi connectivity index (χ0) is 14.1. The summed E-state index contributed by atoms with van der Waals surface area (Å²) in [7, 11) is 0. The van der Waals surface area contributed by atoms with E-state index in [0.717, 1.165) is 12.8 Å². The summed E-state index contributed by atoms with van der Waals surface area (Å²) in [6.45, 7) is 4.52. The van der Waals surface area contributed by atoms with Crippen LogP contribution < -0.4 is 5.32 Å². The Morgan fingerprint density at radius 2 is 2.15 bits per heavy atom. The summed E-state index contributed by atoms with van der Waals surface area (Å²) >= 11 is 0. The molecular formula is C17H24N2O. The van der Waals surface area contributed by atoms with Crippen molar-refractivity contribution in [2.24, 2.45) is 5.92 Å². The van der Waals surface area contributed by atoms with E-state index in [1.807, 2.05) is 0 Å². The topological polar surface area (TPSA) is 48.0 Å². The highest BCUT2D eigenvalue weighted by Crippen LogP contribution is 2.29. The Hall–Kier alpha value is -1.32. The van der Waals surface area contributed by atoms with Gasteiger partial charge in [0, 0.05) is 35.3 Å². The van der Waals surface area contributed by atoms with Crippen molar-refractivity contribution in [3.63, 3.8) is 0 Å². The molecule has 2 aromatic rings. The van der Waals surface area contributed by atoms with Gasteiger partial charge in [-0.2, -0.15) is 0 Å². The molecule has 0 radical (unpaired) electrons. The van der Waals surface area contributed by atoms with Gasteiger partial charge in [-0.05, 0) is 43.7 Å². The van der Waals surface area contributed by atoms with Crippen LogP contribution >= 0.6 is 0 Å². The molecule has 1 aliphatic carbocycles. The van der Waals surface area contributed by atoms with Crippen LogP contribution in [-0.4, -0.2) is 28.8 Å². The van der Waals surface area contributed by atoms with Crippen molar-refractivity contribution in [3.05, 3.63) is 35.5 Å². The molecule has 0 saturated heterocycles. The normalized spacial score (nSPS) is 21.6. The predicted octanol–water partition coefficient (Wildman–Crippen LogP) is 2.63. The number of para-hydroxylation sites is 1. The number of H-pyrrole nitrogens is 1. The highest BCUT2D eigenvalue weighted by molar-refractivity contribution is 5.84. The largest absolute Gasteiger partial charge is 0.396 e. The number of hydrogen-bond donors (Lipinski definition) is 3. The smallest absolute Gasteiger partial charge is 0.0471 e. The minimum Gasteiger partial charge on any atom is -0.396 e. The molecule has 3 unspecified atom stereocenters. The Morgan fingerprint density at radius 3 is 2.95 bits per heavy atom. The molecule has 20 heavy (non-hydrogen) atoms. The van der Waals surface area contributed by atoms with E-state index in [1.54, 1.807) is 0 Å². The standard InChI is InChI=1S/C17H24N2O/c1-11(10-20)12(2)18-13-7-8-17-15(9-13)14-5-3-4-6-16(14)19-17/h3-6,11-13,18-20H,7-10H2,1-2H3. The monoisotopic (exact) mass is 272 g/mol. The first-order valence-electron chi connectivity index (χ1n) is 7.64. The van der Waals surface area contributed by atoms with Crippen molar-refractivity contribution in [2.45, 2.75) is 45.2 Å². The van der Waals surface area contributed by atoms with Crippen LogP contribution in [0.15, 0.2) is 24.3 Å². The Labute approximate surface area is 120 Å². The lowest BCUT2D eigenvalue weighted by atomic mass is 9.90. The number of benzene rings is 1. The van der Waals surface area contributed by atoms with Crippen LogP contribution in [0.3, 0.4) is 0 Å². The Bertz CT molecular complexity index is 590. The second kappa shape index (κ2) is 5.58. The average Bonchev–Trinajstić information content (AvgIpc) is 2.84. The highest BCUT2D eigenvalue weighted by Gasteiger charge is 2.24. The van der Waals surface area contributed by atoms with Gasteiger partial charge >= 0.3 is 0 Å². The molecule has 1 aromatic carbocycles. The lowest BCUT2D eigenvalue weighted by Crippen LogP contribution is -2.43. The maximum Gasteiger partial charge on any atom is 0.0471 e. The summed E-state index contributed by atoms with van der Waals surface area (Å²) in [5, 5.41) is 14.3. The van der Waals surface area contributed by atoms with E-state index >= 15 is 0 Å². The number of aryl methyl sites for hydroxylation is 1. The van der Waals surface area contributed by atoms with E-state index in [-0.39, 0.29) is 6.61 Å². The van der Waals surface area contributed by atoms with Crippen molar-refractivity contribution in [2.75, 3.05) is 6.61 Å². The molecule has 0 spiro atoms. The fourth-order valence-corrected chi connectivity index (χ4v) is 3.21. The minimum atomic E-state index is 0.249. The summed E-state index contributed by atoms with van der Waals surface area (Å²) in [5.74, 6) is 0.305. The van der Waals surface area contributed by atoms with E-state index in [1.165, 1.54) is 28.6 Å². The number of fused-ring (bicyclic) bond motifs is 3. The molecule has 0 fully saturated rings. The summed E-state index contributed by atoms with van der Waals surface area (Å²) < 4.78 is 0. The van der Waals surface area contributed by atoms with Crippen LogP contribution in [0.5, 0.6) is 0 Å². The van der Waals surface area contributed by atoms with Crippen molar-refractivity contribution in [1.82, 2.24) is 10.3 Å². The lowest BCUT2D eigenvalue weighted by molar-refractivity contribution is 0.198. The van der Waals surface area contributed by atoms with Gasteiger partial charge in [-0.25, -0.2) is 0 Å². The fourth-order valence-electron chi connectivity index (χ4n) is 3.21. The molecule has 108 valence electrons. The van der Waals surface area contributed by atoms with Gasteiger partial charge in [-0.15, -0.1) is 0 Å². The molecule has 1 aromatic heterocycles. The lowest BCUT2D eigenvalue weighted by Gasteiger charge is -2.29. The number of aromatic nitrogens is 1. The SMILES string of the molecule is CC(CO)C(C)NC1CCc2[nH]c3ccccc3c2C1. The number of aliphatic hydroxyl groups is 1. The van der Waals surface area contributed by atoms with Crippen LogP contribution in [0, 0.1) is 5.92 Å². The Morgan fingerprint density at radius 1 is 1.35 bits per heavy atom. The average molecular weight is 272 g/mol. The van der Waals surface area contributed by atoms with Gasteiger partial charge in [0.1, 0.15) is 0 Å². The second-order valence-electron chi connectivity index (χ2n) is 6.18. The van der Waals surface area contributed by atoms with Crippen molar-refractivity contribution < 1.29 is 5.11 Å². The molecule has 0 saturated carbocycles. The highest BCUT2D eigenvalue weighted by atomic mass is 16.3. The fraction of sp³-hybridized carbons (Fsp3) is 0.529. The molecule has 3 heteroatoms. The quantitative estimate of drug-likeness (QED) is 0.801. The van der Waals surface area contributed by atoms with Gasteiger partial charge in [-0.3, -0.25) is 0 Å². The third-order valence-corrected chi connectivity index (χ3v) is 4.74. The molecule has 3 N–H and O–H groups in total. The van der Waals surface area contributed by atoms with E-state index < -0.39 is 0 Å². The molecule has 1 aliphatic rings. The van der Waals surface area contributed by atoms with Gasteiger partial charge in [-0.1, -0.05) is 25.1 Å². The van der Waals surface area contributed by atoms with E-state index in [2.05, 4.69) is 48.4 Å². The summed E-state index contributed by atoms with van der Waals surface area (Å²) in [6.07, 6.45) is 3.37. The first-order chi connectivity index (χ1) is 9.69. The molecule has 0 bridgehead atoms. The second-order valence-corrected chi connectivity index (χ2v) is 6.18. The number of nitrogens with one attached hydrogen (secondary N) is 2. The molecule has 3 rings (SSSR count). The molecule has 0 amide bonds. The number of hydrogen-bond acceptors (Lipinski definition) is 2. The van der Waals surface area contributed by atoms with E-state index in [9.17, 15) is 5.11 Å². The van der Waals surface area contributed by atoms with Crippen LogP contribution in [-0.2, 0) is 12.8 Å². The van der Waals surface area contributed by atoms with Crippen LogP contribution in [0.2, 0.25) is 0 Å². The Balaban J connectivity index is 1.78. The molecule has 0 aliphatic heterocycles. The predicted molar refractivity (Wildman–Crippen MR) is 83.0 cm³/mol. The van der Waals surface area contributed by atoms with Crippen LogP contribution in [0.25, 0.3) is 10.9 Å². The van der Waals surface area contributed by atoms with Crippen LogP contribution in [0.1, 0.15) is 31.5 Å². The zero-order valence-corrected chi connectivity index (χ0v) is 12.3. The number of aromatic amines is 1. The summed E-state index contributed by atoms with van der Waals surface area (Å²) in [5.41, 5.74) is 4.15. The Kier molecular flexibility index (Phi) is 3.81. The van der Waals surface area contributed by atoms with Crippen molar-refractivity contribution >= 4 is 10.9 Å². The van der Waals surface area contributed by atoms with Gasteiger partial charge in [0.15, 0.2) is 0 Å². The summed E-state index contributed by atoms with van der Waals surface area (Å²) in [6, 6.07) is 9.46. The first kappa shape index (κ1) is 13.7. The van der Waals surface area contributed by atoms with Crippen molar-refractivity contribution in [3.8, 4) is 0 Å².